The van der Waals surface area contributed by atoms with Crippen LogP contribution >= 0.6 is 0 Å². The molecule has 0 unspecified atom stereocenters. The van der Waals surface area contributed by atoms with Gasteiger partial charge >= 0.3 is 5.97 Å². The summed E-state index contributed by atoms with van der Waals surface area (Å²) >= 11 is 0. The van der Waals surface area contributed by atoms with E-state index in [1.54, 1.807) is 36.4 Å². The lowest BCUT2D eigenvalue weighted by Gasteiger charge is -2.15. The average Bonchev–Trinajstić information content (AvgIpc) is 2.97. The second-order valence-electron chi connectivity index (χ2n) is 6.01. The highest BCUT2D eigenvalue weighted by Crippen LogP contribution is 2.29. The minimum Gasteiger partial charge on any atom is -0.497 e. The number of carbonyl (C=O) groups excluding carboxylic acids is 4. The number of rotatable bonds is 7. The van der Waals surface area contributed by atoms with Crippen LogP contribution in [-0.4, -0.2) is 50.9 Å². The van der Waals surface area contributed by atoms with Gasteiger partial charge in [-0.25, -0.2) is 0 Å². The SMILES string of the molecule is COc1ccc(NC(=O)COC(=O)CN2C(=O)C(=O)c3ccccc32)c(OC)c1. The molecule has 2 amide bonds. The number of nitrogens with zero attached hydrogens (tertiary/aromatic N) is 1. The Morgan fingerprint density at radius 2 is 1.79 bits per heavy atom. The number of ether oxygens (including phenoxy) is 3. The number of amides is 2. The van der Waals surface area contributed by atoms with E-state index < -0.39 is 36.7 Å². The van der Waals surface area contributed by atoms with Crippen LogP contribution in [0.4, 0.5) is 11.4 Å². The fourth-order valence-electron chi connectivity index (χ4n) is 2.81. The van der Waals surface area contributed by atoms with Gasteiger partial charge in [0, 0.05) is 6.07 Å². The topological polar surface area (TPSA) is 111 Å². The number of Topliss-reactive ketones (excluding diaryl/α,β-unsaturated/α-hetero) is 1. The molecule has 0 aromatic heterocycles. The van der Waals surface area contributed by atoms with Crippen LogP contribution in [0.2, 0.25) is 0 Å². The van der Waals surface area contributed by atoms with Gasteiger partial charge in [-0.2, -0.15) is 0 Å². The number of nitrogens with one attached hydrogen (secondary N) is 1. The van der Waals surface area contributed by atoms with Crippen molar-refractivity contribution in [2.45, 2.75) is 0 Å². The second-order valence-corrected chi connectivity index (χ2v) is 6.01. The number of esters is 1. The lowest BCUT2D eigenvalue weighted by Crippen LogP contribution is -2.36. The summed E-state index contributed by atoms with van der Waals surface area (Å²) in [6.45, 7) is -1.04. The summed E-state index contributed by atoms with van der Waals surface area (Å²) in [5, 5.41) is 2.56. The predicted molar refractivity (Wildman–Crippen MR) is 102 cm³/mol. The van der Waals surface area contributed by atoms with E-state index in [-0.39, 0.29) is 5.56 Å². The lowest BCUT2D eigenvalue weighted by molar-refractivity contribution is -0.146. The molecule has 0 spiro atoms. The van der Waals surface area contributed by atoms with E-state index in [1.807, 2.05) is 0 Å². The number of hydrogen-bond acceptors (Lipinski definition) is 7. The first-order chi connectivity index (χ1) is 13.9. The number of ketones is 1. The van der Waals surface area contributed by atoms with Crippen LogP contribution in [0.5, 0.6) is 11.5 Å². The average molecular weight is 398 g/mol. The van der Waals surface area contributed by atoms with Crippen LogP contribution in [-0.2, 0) is 19.1 Å². The fraction of sp³-hybridized carbons (Fsp3) is 0.200. The Balaban J connectivity index is 1.57. The molecule has 0 fully saturated rings. The Kier molecular flexibility index (Phi) is 5.77. The van der Waals surface area contributed by atoms with Gasteiger partial charge in [0.25, 0.3) is 17.6 Å². The predicted octanol–water partition coefficient (Wildman–Crippen LogP) is 1.41. The summed E-state index contributed by atoms with van der Waals surface area (Å²) in [5.41, 5.74) is 0.949. The first-order valence-corrected chi connectivity index (χ1v) is 8.57. The zero-order valence-electron chi connectivity index (χ0n) is 15.8. The third kappa shape index (κ3) is 4.18. The smallest absolute Gasteiger partial charge is 0.326 e. The molecule has 0 radical (unpaired) electrons. The Labute approximate surface area is 166 Å². The minimum absolute atomic E-state index is 0.231. The number of para-hydroxylation sites is 1. The highest BCUT2D eigenvalue weighted by molar-refractivity contribution is 6.52. The largest absolute Gasteiger partial charge is 0.497 e. The molecular weight excluding hydrogens is 380 g/mol. The molecule has 0 saturated carbocycles. The summed E-state index contributed by atoms with van der Waals surface area (Å²) in [7, 11) is 2.94. The molecule has 9 nitrogen and oxygen atoms in total. The van der Waals surface area contributed by atoms with Crippen LogP contribution < -0.4 is 19.7 Å². The van der Waals surface area contributed by atoms with Crippen molar-refractivity contribution in [3.05, 3.63) is 48.0 Å². The van der Waals surface area contributed by atoms with Gasteiger partial charge in [0.2, 0.25) is 0 Å². The van der Waals surface area contributed by atoms with Crippen molar-refractivity contribution in [3.8, 4) is 11.5 Å². The monoisotopic (exact) mass is 398 g/mol. The Morgan fingerprint density at radius 3 is 2.52 bits per heavy atom. The number of anilines is 2. The van der Waals surface area contributed by atoms with Crippen molar-refractivity contribution in [1.29, 1.82) is 0 Å². The van der Waals surface area contributed by atoms with E-state index in [9.17, 15) is 19.2 Å². The molecule has 1 aliphatic heterocycles. The summed E-state index contributed by atoms with van der Waals surface area (Å²) in [6, 6.07) is 11.2. The molecule has 9 heteroatoms. The molecular formula is C20H18N2O7. The van der Waals surface area contributed by atoms with Gasteiger partial charge in [-0.1, -0.05) is 12.1 Å². The molecule has 1 heterocycles. The number of fused-ring (bicyclic) bond motifs is 1. The van der Waals surface area contributed by atoms with Gasteiger partial charge in [0.05, 0.1) is 31.2 Å². The van der Waals surface area contributed by atoms with E-state index in [2.05, 4.69) is 5.32 Å². The minimum atomic E-state index is -0.820. The Hall–Kier alpha value is -3.88. The van der Waals surface area contributed by atoms with Crippen LogP contribution in [0.1, 0.15) is 10.4 Å². The molecule has 150 valence electrons. The molecule has 0 saturated heterocycles. The van der Waals surface area contributed by atoms with Crippen LogP contribution in [0.25, 0.3) is 0 Å². The Morgan fingerprint density at radius 1 is 1.03 bits per heavy atom. The van der Waals surface area contributed by atoms with Crippen molar-refractivity contribution in [3.63, 3.8) is 0 Å². The zero-order chi connectivity index (χ0) is 21.0. The normalized spacial score (nSPS) is 12.4. The van der Waals surface area contributed by atoms with E-state index in [4.69, 9.17) is 14.2 Å². The van der Waals surface area contributed by atoms with Crippen molar-refractivity contribution < 1.29 is 33.4 Å². The molecule has 2 aromatic rings. The fourth-order valence-corrected chi connectivity index (χ4v) is 2.81. The second kappa shape index (κ2) is 8.42. The van der Waals surface area contributed by atoms with Gasteiger partial charge in [0.15, 0.2) is 6.61 Å². The number of methoxy groups -OCH3 is 2. The lowest BCUT2D eigenvalue weighted by atomic mass is 10.1. The number of carbonyl (C=O) groups is 4. The molecule has 2 aromatic carbocycles. The molecule has 0 atom stereocenters. The van der Waals surface area contributed by atoms with E-state index in [1.165, 1.54) is 20.3 Å². The van der Waals surface area contributed by atoms with Crippen LogP contribution in [0, 0.1) is 0 Å². The van der Waals surface area contributed by atoms with E-state index >= 15 is 0 Å². The van der Waals surface area contributed by atoms with Crippen molar-refractivity contribution in [2.75, 3.05) is 37.6 Å². The molecule has 0 aliphatic carbocycles. The van der Waals surface area contributed by atoms with Crippen molar-refractivity contribution >= 4 is 34.9 Å². The molecule has 3 rings (SSSR count). The van der Waals surface area contributed by atoms with Crippen LogP contribution in [0.3, 0.4) is 0 Å². The summed E-state index contributed by atoms with van der Waals surface area (Å²) in [6.07, 6.45) is 0. The number of benzene rings is 2. The maximum Gasteiger partial charge on any atom is 0.326 e. The summed E-state index contributed by atoms with van der Waals surface area (Å²) in [5.74, 6) is -1.97. The van der Waals surface area contributed by atoms with Gasteiger partial charge in [0.1, 0.15) is 18.0 Å². The zero-order valence-corrected chi connectivity index (χ0v) is 15.8. The highest BCUT2D eigenvalue weighted by Gasteiger charge is 2.36. The van der Waals surface area contributed by atoms with Gasteiger partial charge in [-0.15, -0.1) is 0 Å². The van der Waals surface area contributed by atoms with Gasteiger partial charge in [-0.05, 0) is 24.3 Å². The number of hydrogen-bond donors (Lipinski definition) is 1. The van der Waals surface area contributed by atoms with Crippen molar-refractivity contribution in [2.24, 2.45) is 0 Å². The third-order valence-corrected chi connectivity index (χ3v) is 4.21. The Bertz CT molecular complexity index is 987. The van der Waals surface area contributed by atoms with E-state index in [0.29, 0.717) is 22.9 Å². The maximum atomic E-state index is 12.1. The first-order valence-electron chi connectivity index (χ1n) is 8.57. The van der Waals surface area contributed by atoms with Gasteiger partial charge < -0.3 is 19.5 Å². The third-order valence-electron chi connectivity index (χ3n) is 4.21. The van der Waals surface area contributed by atoms with Gasteiger partial charge in [-0.3, -0.25) is 24.1 Å². The molecule has 0 bridgehead atoms. The molecule has 1 aliphatic rings. The van der Waals surface area contributed by atoms with E-state index in [0.717, 1.165) is 4.90 Å². The quantitative estimate of drug-likeness (QED) is 0.554. The highest BCUT2D eigenvalue weighted by atomic mass is 16.5. The molecule has 1 N–H and O–H groups in total. The summed E-state index contributed by atoms with van der Waals surface area (Å²) in [4.78, 5) is 49.2. The molecule has 29 heavy (non-hydrogen) atoms. The van der Waals surface area contributed by atoms with Crippen LogP contribution in [0.15, 0.2) is 42.5 Å². The van der Waals surface area contributed by atoms with Crippen molar-refractivity contribution in [1.82, 2.24) is 0 Å². The summed E-state index contributed by atoms with van der Waals surface area (Å²) < 4.78 is 15.2. The maximum absolute atomic E-state index is 12.1. The standard InChI is InChI=1S/C20H18N2O7/c1-27-12-7-8-14(16(9-12)28-2)21-17(23)11-29-18(24)10-22-15-6-4-3-5-13(15)19(25)20(22)26/h3-9H,10-11H2,1-2H3,(H,21,23). The first kappa shape index (κ1) is 19.9.